The van der Waals surface area contributed by atoms with Crippen molar-refractivity contribution in [3.63, 3.8) is 0 Å². The fraction of sp³-hybridized carbons (Fsp3) is 0.529. The summed E-state index contributed by atoms with van der Waals surface area (Å²) in [6, 6.07) is 3.95. The molecule has 0 amide bonds. The van der Waals surface area contributed by atoms with Gasteiger partial charge in [-0.1, -0.05) is 0 Å². The zero-order valence-electron chi connectivity index (χ0n) is 14.7. The molecule has 1 aliphatic rings. The van der Waals surface area contributed by atoms with Crippen molar-refractivity contribution in [1.29, 1.82) is 0 Å². The zero-order chi connectivity index (χ0) is 18.0. The van der Waals surface area contributed by atoms with Crippen LogP contribution in [0.4, 0.5) is 11.6 Å². The van der Waals surface area contributed by atoms with Crippen LogP contribution in [0.25, 0.3) is 0 Å². The fourth-order valence-electron chi connectivity index (χ4n) is 2.97. The third kappa shape index (κ3) is 3.85. The van der Waals surface area contributed by atoms with Gasteiger partial charge < -0.3 is 20.0 Å². The molecule has 0 spiro atoms. The van der Waals surface area contributed by atoms with Gasteiger partial charge in [0.25, 0.3) is 0 Å². The van der Waals surface area contributed by atoms with Crippen LogP contribution in [0.1, 0.15) is 44.6 Å². The van der Waals surface area contributed by atoms with E-state index in [9.17, 15) is 10.2 Å². The second kappa shape index (κ2) is 7.28. The van der Waals surface area contributed by atoms with Crippen molar-refractivity contribution in [3.05, 3.63) is 36.2 Å². The summed E-state index contributed by atoms with van der Waals surface area (Å²) in [6.45, 7) is 7.81. The Kier molecular flexibility index (Phi) is 5.10. The lowest BCUT2D eigenvalue weighted by molar-refractivity contribution is 0.188. The minimum absolute atomic E-state index is 0.218. The Hall–Kier alpha value is -2.32. The van der Waals surface area contributed by atoms with E-state index in [-0.39, 0.29) is 6.04 Å². The monoisotopic (exact) mass is 344 g/mol. The van der Waals surface area contributed by atoms with Gasteiger partial charge in [0.05, 0.1) is 0 Å². The molecule has 0 bridgehead atoms. The first-order chi connectivity index (χ1) is 12.0. The normalized spacial score (nSPS) is 20.4. The van der Waals surface area contributed by atoms with Crippen molar-refractivity contribution in [2.24, 2.45) is 0 Å². The maximum atomic E-state index is 9.69. The number of rotatable bonds is 4. The summed E-state index contributed by atoms with van der Waals surface area (Å²) >= 11 is 0. The molecule has 2 N–H and O–H groups in total. The second-order valence-electron chi connectivity index (χ2n) is 6.39. The Morgan fingerprint density at radius 2 is 1.52 bits per heavy atom. The molecule has 0 saturated carbocycles. The van der Waals surface area contributed by atoms with E-state index in [1.165, 1.54) is 0 Å². The summed E-state index contributed by atoms with van der Waals surface area (Å²) in [5, 5.41) is 19.4. The molecule has 8 nitrogen and oxygen atoms in total. The molecule has 3 heterocycles. The number of anilines is 2. The number of aliphatic hydroxyl groups is 2. The van der Waals surface area contributed by atoms with Gasteiger partial charge >= 0.3 is 0 Å². The van der Waals surface area contributed by atoms with Gasteiger partial charge in [-0.2, -0.15) is 0 Å². The lowest BCUT2D eigenvalue weighted by Crippen LogP contribution is -2.52. The van der Waals surface area contributed by atoms with Crippen LogP contribution in [0, 0.1) is 0 Å². The molecule has 0 aromatic carbocycles. The topological polar surface area (TPSA) is 98.5 Å². The average Bonchev–Trinajstić information content (AvgIpc) is 2.61. The lowest BCUT2D eigenvalue weighted by atomic mass is 10.2. The molecule has 2 aromatic rings. The van der Waals surface area contributed by atoms with Crippen LogP contribution in [0.5, 0.6) is 0 Å². The lowest BCUT2D eigenvalue weighted by Gasteiger charge is -2.41. The maximum absolute atomic E-state index is 9.69. The molecule has 8 heteroatoms. The van der Waals surface area contributed by atoms with Crippen LogP contribution in [0.3, 0.4) is 0 Å². The first-order valence-corrected chi connectivity index (χ1v) is 8.49. The van der Waals surface area contributed by atoms with Crippen molar-refractivity contribution >= 4 is 11.6 Å². The third-order valence-electron chi connectivity index (χ3n) is 4.31. The van der Waals surface area contributed by atoms with Gasteiger partial charge in [0.1, 0.15) is 23.8 Å². The number of hydrogen-bond acceptors (Lipinski definition) is 8. The predicted molar refractivity (Wildman–Crippen MR) is 94.4 cm³/mol. The molecule has 0 radical (unpaired) electrons. The summed E-state index contributed by atoms with van der Waals surface area (Å²) in [7, 11) is 0. The van der Waals surface area contributed by atoms with Gasteiger partial charge in [-0.05, 0) is 32.9 Å². The fourth-order valence-corrected chi connectivity index (χ4v) is 2.97. The molecule has 1 fully saturated rings. The van der Waals surface area contributed by atoms with Crippen LogP contribution in [-0.2, 0) is 0 Å². The largest absolute Gasteiger partial charge is 0.385 e. The van der Waals surface area contributed by atoms with Crippen molar-refractivity contribution in [2.45, 2.75) is 39.0 Å². The van der Waals surface area contributed by atoms with Crippen LogP contribution < -0.4 is 9.80 Å². The Balaban J connectivity index is 1.74. The average molecular weight is 344 g/mol. The smallest absolute Gasteiger partial charge is 0.158 e. The second-order valence-corrected chi connectivity index (χ2v) is 6.39. The zero-order valence-corrected chi connectivity index (χ0v) is 14.7. The highest BCUT2D eigenvalue weighted by Gasteiger charge is 2.26. The number of hydrogen-bond donors (Lipinski definition) is 2. The molecule has 134 valence electrons. The summed E-state index contributed by atoms with van der Waals surface area (Å²) in [6.07, 6.45) is 2.00. The van der Waals surface area contributed by atoms with Crippen molar-refractivity contribution in [1.82, 2.24) is 19.9 Å². The minimum Gasteiger partial charge on any atom is -0.385 e. The summed E-state index contributed by atoms with van der Waals surface area (Å²) < 4.78 is 0. The molecule has 0 aliphatic carbocycles. The summed E-state index contributed by atoms with van der Waals surface area (Å²) in [4.78, 5) is 21.5. The van der Waals surface area contributed by atoms with Gasteiger partial charge in [-0.15, -0.1) is 0 Å². The number of nitrogens with zero attached hydrogens (tertiary/aromatic N) is 6. The number of aromatic nitrogens is 4. The molecular formula is C17H24N6O2. The summed E-state index contributed by atoms with van der Waals surface area (Å²) in [5.41, 5.74) is 0. The molecule has 2 aromatic heterocycles. The molecule has 3 rings (SSSR count). The number of aliphatic hydroxyl groups excluding tert-OH is 2. The van der Waals surface area contributed by atoms with E-state index in [1.807, 2.05) is 12.1 Å². The molecular weight excluding hydrogens is 320 g/mol. The predicted octanol–water partition coefficient (Wildman–Crippen LogP) is 1.09. The van der Waals surface area contributed by atoms with Gasteiger partial charge in [0.15, 0.2) is 11.6 Å². The van der Waals surface area contributed by atoms with Crippen LogP contribution in [0.15, 0.2) is 24.5 Å². The Morgan fingerprint density at radius 3 is 2.08 bits per heavy atom. The van der Waals surface area contributed by atoms with Crippen molar-refractivity contribution in [2.75, 3.05) is 29.4 Å². The Labute approximate surface area is 147 Å². The Morgan fingerprint density at radius 1 is 0.960 bits per heavy atom. The van der Waals surface area contributed by atoms with E-state index in [2.05, 4.69) is 36.7 Å². The first kappa shape index (κ1) is 17.5. The van der Waals surface area contributed by atoms with Crippen molar-refractivity contribution < 1.29 is 10.2 Å². The van der Waals surface area contributed by atoms with E-state index in [4.69, 9.17) is 0 Å². The molecule has 0 unspecified atom stereocenters. The van der Waals surface area contributed by atoms with E-state index < -0.39 is 12.2 Å². The third-order valence-corrected chi connectivity index (χ3v) is 4.31. The quantitative estimate of drug-likeness (QED) is 0.850. The molecule has 3 atom stereocenters. The van der Waals surface area contributed by atoms with E-state index in [1.54, 1.807) is 26.2 Å². The SMILES string of the molecule is C[C@@H]1CN(c2ccnc([C@@H](C)O)n2)CCN1c1ccnc([C@@H](C)O)n1. The number of piperazine rings is 1. The first-order valence-electron chi connectivity index (χ1n) is 8.49. The van der Waals surface area contributed by atoms with E-state index >= 15 is 0 Å². The molecule has 25 heavy (non-hydrogen) atoms. The van der Waals surface area contributed by atoms with Crippen molar-refractivity contribution in [3.8, 4) is 0 Å². The van der Waals surface area contributed by atoms with Crippen LogP contribution in [0.2, 0.25) is 0 Å². The molecule has 1 aliphatic heterocycles. The summed E-state index contributed by atoms with van der Waals surface area (Å²) in [5.74, 6) is 2.52. The van der Waals surface area contributed by atoms with Gasteiger partial charge in [0, 0.05) is 38.1 Å². The maximum Gasteiger partial charge on any atom is 0.158 e. The Bertz CT molecular complexity index is 724. The van der Waals surface area contributed by atoms with E-state index in [0.29, 0.717) is 11.6 Å². The molecule has 1 saturated heterocycles. The standard InChI is InChI=1S/C17H24N6O2/c1-11-10-22(14-4-6-18-16(20-14)12(2)24)8-9-23(11)15-5-7-19-17(21-15)13(3)25/h4-7,11-13,24-25H,8-10H2,1-3H3/t11-,12-,13-/m1/s1. The van der Waals surface area contributed by atoms with E-state index in [0.717, 1.165) is 31.3 Å². The van der Waals surface area contributed by atoms with Gasteiger partial charge in [-0.25, -0.2) is 19.9 Å². The highest BCUT2D eigenvalue weighted by molar-refractivity contribution is 5.45. The highest BCUT2D eigenvalue weighted by Crippen LogP contribution is 2.23. The van der Waals surface area contributed by atoms with Gasteiger partial charge in [-0.3, -0.25) is 0 Å². The van der Waals surface area contributed by atoms with Crippen LogP contribution >= 0.6 is 0 Å². The van der Waals surface area contributed by atoms with Crippen LogP contribution in [-0.4, -0.2) is 55.8 Å². The minimum atomic E-state index is -0.684. The van der Waals surface area contributed by atoms with Gasteiger partial charge in [0.2, 0.25) is 0 Å². The highest BCUT2D eigenvalue weighted by atomic mass is 16.3.